The summed E-state index contributed by atoms with van der Waals surface area (Å²) in [5.41, 5.74) is 10.7. The molecule has 2 aromatic rings. The van der Waals surface area contributed by atoms with Gasteiger partial charge in [-0.25, -0.2) is 9.37 Å². The summed E-state index contributed by atoms with van der Waals surface area (Å²) < 4.78 is 13.8. The molecule has 1 aromatic carbocycles. The number of nitrogens with two attached hydrogens (primary N) is 2. The molecular weight excluding hydrogens is 273 g/mol. The van der Waals surface area contributed by atoms with Gasteiger partial charge in [-0.3, -0.25) is 0 Å². The normalized spacial score (nSPS) is 10.2. The molecule has 19 heavy (non-hydrogen) atoms. The number of nitrogen functional groups attached to an aromatic ring is 2. The van der Waals surface area contributed by atoms with E-state index in [2.05, 4.69) is 9.97 Å². The lowest BCUT2D eigenvalue weighted by Gasteiger charge is -2.08. The minimum atomic E-state index is -0.809. The topological polar surface area (TPSA) is 122 Å². The summed E-state index contributed by atoms with van der Waals surface area (Å²) in [4.78, 5) is 7.41. The quantitative estimate of drug-likeness (QED) is 0.730. The van der Waals surface area contributed by atoms with Crippen molar-refractivity contribution in [2.75, 3.05) is 11.5 Å². The Morgan fingerprint density at radius 2 is 2.00 bits per heavy atom. The van der Waals surface area contributed by atoms with Crippen molar-refractivity contribution in [1.29, 1.82) is 5.26 Å². The Kier molecular flexibility index (Phi) is 3.10. The second kappa shape index (κ2) is 4.59. The molecule has 0 fully saturated rings. The van der Waals surface area contributed by atoms with Crippen LogP contribution in [0.3, 0.4) is 0 Å². The number of hydrogen-bond donors (Lipinski definition) is 3. The van der Waals surface area contributed by atoms with Gasteiger partial charge in [-0.15, -0.1) is 0 Å². The number of nitrogens with zero attached hydrogens (tertiary/aromatic N) is 3. The summed E-state index contributed by atoms with van der Waals surface area (Å²) in [6.07, 6.45) is 0. The first-order valence-corrected chi connectivity index (χ1v) is 5.33. The molecule has 1 heterocycles. The fourth-order valence-electron chi connectivity index (χ4n) is 1.52. The van der Waals surface area contributed by atoms with E-state index in [9.17, 15) is 9.50 Å². The number of hydrogen-bond acceptors (Lipinski definition) is 6. The standard InChI is InChI=1S/C11H7ClFN5O/c12-6-1-4(7(13)2-8(6)19)9-5(3-14)10(15)18-11(16)17-9/h1-2,19H,(H4,15,16,17,18). The third kappa shape index (κ3) is 2.21. The van der Waals surface area contributed by atoms with Crippen LogP contribution in [-0.2, 0) is 0 Å². The summed E-state index contributed by atoms with van der Waals surface area (Å²) in [5, 5.41) is 18.2. The molecule has 5 N–H and O–H groups in total. The zero-order valence-electron chi connectivity index (χ0n) is 9.35. The highest BCUT2D eigenvalue weighted by Gasteiger charge is 2.18. The van der Waals surface area contributed by atoms with Gasteiger partial charge in [0.2, 0.25) is 5.95 Å². The maximum Gasteiger partial charge on any atom is 0.222 e. The van der Waals surface area contributed by atoms with Crippen LogP contribution in [0.15, 0.2) is 12.1 Å². The maximum atomic E-state index is 13.8. The van der Waals surface area contributed by atoms with Gasteiger partial charge in [-0.05, 0) is 6.07 Å². The van der Waals surface area contributed by atoms with Gasteiger partial charge >= 0.3 is 0 Å². The molecule has 0 radical (unpaired) electrons. The van der Waals surface area contributed by atoms with Crippen LogP contribution in [0.5, 0.6) is 5.75 Å². The molecule has 0 aliphatic rings. The summed E-state index contributed by atoms with van der Waals surface area (Å²) >= 11 is 5.71. The van der Waals surface area contributed by atoms with E-state index in [1.807, 2.05) is 0 Å². The van der Waals surface area contributed by atoms with Crippen molar-refractivity contribution >= 4 is 23.4 Å². The van der Waals surface area contributed by atoms with E-state index in [-0.39, 0.29) is 33.6 Å². The van der Waals surface area contributed by atoms with Crippen LogP contribution >= 0.6 is 11.6 Å². The molecule has 0 aliphatic heterocycles. The highest BCUT2D eigenvalue weighted by Crippen LogP contribution is 2.34. The molecule has 0 saturated heterocycles. The van der Waals surface area contributed by atoms with Crippen LogP contribution < -0.4 is 11.5 Å². The van der Waals surface area contributed by atoms with E-state index in [0.717, 1.165) is 12.1 Å². The number of rotatable bonds is 1. The van der Waals surface area contributed by atoms with E-state index in [4.69, 9.17) is 28.3 Å². The van der Waals surface area contributed by atoms with Gasteiger partial charge in [0, 0.05) is 11.6 Å². The zero-order chi connectivity index (χ0) is 14.2. The summed E-state index contributed by atoms with van der Waals surface area (Å²) in [6.45, 7) is 0. The average molecular weight is 280 g/mol. The molecule has 0 spiro atoms. The van der Waals surface area contributed by atoms with Crippen LogP contribution in [0.2, 0.25) is 5.02 Å². The first-order chi connectivity index (χ1) is 8.93. The maximum absolute atomic E-state index is 13.8. The largest absolute Gasteiger partial charge is 0.506 e. The molecule has 0 atom stereocenters. The Bertz CT molecular complexity index is 713. The predicted molar refractivity (Wildman–Crippen MR) is 67.6 cm³/mol. The van der Waals surface area contributed by atoms with Gasteiger partial charge in [-0.1, -0.05) is 11.6 Å². The second-order valence-corrected chi connectivity index (χ2v) is 3.99. The summed E-state index contributed by atoms with van der Waals surface area (Å²) in [5.74, 6) is -1.59. The Balaban J connectivity index is 2.79. The van der Waals surface area contributed by atoms with Gasteiger partial charge < -0.3 is 16.6 Å². The molecule has 1 aromatic heterocycles. The van der Waals surface area contributed by atoms with Crippen LogP contribution in [0, 0.1) is 17.1 Å². The Labute approximate surface area is 112 Å². The molecule has 96 valence electrons. The molecule has 0 saturated carbocycles. The molecule has 0 aliphatic carbocycles. The number of aromatic nitrogens is 2. The lowest BCUT2D eigenvalue weighted by atomic mass is 10.1. The monoisotopic (exact) mass is 279 g/mol. The van der Waals surface area contributed by atoms with Gasteiger partial charge in [0.15, 0.2) is 0 Å². The summed E-state index contributed by atoms with van der Waals surface area (Å²) in [6, 6.07) is 3.72. The average Bonchev–Trinajstić information content (AvgIpc) is 2.33. The Hall–Kier alpha value is -2.59. The van der Waals surface area contributed by atoms with Crippen molar-refractivity contribution in [3.63, 3.8) is 0 Å². The lowest BCUT2D eigenvalue weighted by Crippen LogP contribution is -2.05. The number of phenolic OH excluding ortho intramolecular Hbond substituents is 1. The zero-order valence-corrected chi connectivity index (χ0v) is 10.1. The molecular formula is C11H7ClFN5O. The Morgan fingerprint density at radius 1 is 1.32 bits per heavy atom. The van der Waals surface area contributed by atoms with E-state index in [1.165, 1.54) is 0 Å². The van der Waals surface area contributed by atoms with Crippen molar-refractivity contribution in [3.05, 3.63) is 28.5 Å². The minimum absolute atomic E-state index is 0.0769. The molecule has 0 bridgehead atoms. The SMILES string of the molecule is N#Cc1c(N)nc(N)nc1-c1cc(Cl)c(O)cc1F. The van der Waals surface area contributed by atoms with E-state index in [1.54, 1.807) is 6.07 Å². The number of nitriles is 1. The predicted octanol–water partition coefficient (Wildman–Crippen LogP) is 1.68. The third-order valence-electron chi connectivity index (χ3n) is 2.36. The van der Waals surface area contributed by atoms with Gasteiger partial charge in [-0.2, -0.15) is 10.2 Å². The molecule has 2 rings (SSSR count). The van der Waals surface area contributed by atoms with Crippen LogP contribution in [0.4, 0.5) is 16.2 Å². The Morgan fingerprint density at radius 3 is 2.63 bits per heavy atom. The van der Waals surface area contributed by atoms with Gasteiger partial charge in [0.05, 0.1) is 10.7 Å². The molecule has 6 nitrogen and oxygen atoms in total. The van der Waals surface area contributed by atoms with Gasteiger partial charge in [0.25, 0.3) is 0 Å². The van der Waals surface area contributed by atoms with Crippen molar-refractivity contribution in [1.82, 2.24) is 9.97 Å². The van der Waals surface area contributed by atoms with Crippen LogP contribution in [0.25, 0.3) is 11.3 Å². The summed E-state index contributed by atoms with van der Waals surface area (Å²) in [7, 11) is 0. The van der Waals surface area contributed by atoms with Gasteiger partial charge in [0.1, 0.15) is 29.0 Å². The molecule has 0 amide bonds. The number of halogens is 2. The van der Waals surface area contributed by atoms with Crippen LogP contribution in [-0.4, -0.2) is 15.1 Å². The van der Waals surface area contributed by atoms with Crippen LogP contribution in [0.1, 0.15) is 5.56 Å². The number of benzene rings is 1. The number of aromatic hydroxyl groups is 1. The smallest absolute Gasteiger partial charge is 0.222 e. The van der Waals surface area contributed by atoms with Crippen molar-refractivity contribution < 1.29 is 9.50 Å². The highest BCUT2D eigenvalue weighted by atomic mass is 35.5. The van der Waals surface area contributed by atoms with Crippen molar-refractivity contribution in [2.45, 2.75) is 0 Å². The minimum Gasteiger partial charge on any atom is -0.506 e. The number of anilines is 2. The fourth-order valence-corrected chi connectivity index (χ4v) is 1.68. The third-order valence-corrected chi connectivity index (χ3v) is 2.66. The van der Waals surface area contributed by atoms with Crippen molar-refractivity contribution in [2.24, 2.45) is 0 Å². The first kappa shape index (κ1) is 12.9. The van der Waals surface area contributed by atoms with E-state index >= 15 is 0 Å². The van der Waals surface area contributed by atoms with Crippen molar-refractivity contribution in [3.8, 4) is 23.1 Å². The second-order valence-electron chi connectivity index (χ2n) is 3.59. The molecule has 8 heteroatoms. The molecule has 0 unspecified atom stereocenters. The number of phenols is 1. The first-order valence-electron chi connectivity index (χ1n) is 4.95. The fraction of sp³-hybridized carbons (Fsp3) is 0. The van der Waals surface area contributed by atoms with E-state index < -0.39 is 11.6 Å². The lowest BCUT2D eigenvalue weighted by molar-refractivity contribution is 0.469. The highest BCUT2D eigenvalue weighted by molar-refractivity contribution is 6.32. The van der Waals surface area contributed by atoms with E-state index in [0.29, 0.717) is 0 Å².